The summed E-state index contributed by atoms with van der Waals surface area (Å²) in [6.07, 6.45) is 0. The molecule has 0 saturated heterocycles. The summed E-state index contributed by atoms with van der Waals surface area (Å²) >= 11 is 0. The second-order valence-electron chi connectivity index (χ2n) is 0.316. The fourth-order valence-corrected chi connectivity index (χ4v) is 0. The summed E-state index contributed by atoms with van der Waals surface area (Å²) in [5.41, 5.74) is 1.49. The number of hydrogen-bond donors (Lipinski definition) is 3. The predicted octanol–water partition coefficient (Wildman–Crippen LogP) is -1.08. The van der Waals surface area contributed by atoms with Crippen LogP contribution in [0.4, 0.5) is 0 Å². The van der Waals surface area contributed by atoms with Gasteiger partial charge in [-0.15, -0.1) is 0 Å². The first-order chi connectivity index (χ1) is 1.91. The molecule has 0 fully saturated rings. The molecule has 0 amide bonds. The molecule has 0 radical (unpaired) electrons. The van der Waals surface area contributed by atoms with E-state index in [1.165, 1.54) is 5.48 Å². The van der Waals surface area contributed by atoms with Gasteiger partial charge in [0.15, 0.2) is 0 Å². The van der Waals surface area contributed by atoms with E-state index in [9.17, 15) is 0 Å². The molecule has 4 heavy (non-hydrogen) atoms. The van der Waals surface area contributed by atoms with Crippen LogP contribution >= 0.6 is 0 Å². The van der Waals surface area contributed by atoms with Crippen LogP contribution < -0.4 is 5.48 Å². The Morgan fingerprint density at radius 2 is 2.00 bits per heavy atom. The van der Waals surface area contributed by atoms with Gasteiger partial charge in [0.2, 0.25) is 0 Å². The Balaban J connectivity index is 1.97. The summed E-state index contributed by atoms with van der Waals surface area (Å²) in [6, 6.07) is 0. The third-order valence-corrected chi connectivity index (χ3v) is 0.0707. The molecule has 0 unspecified atom stereocenters. The maximum absolute atomic E-state index is 7.51. The third-order valence-electron chi connectivity index (χ3n) is 0.0707. The van der Waals surface area contributed by atoms with Crippen LogP contribution in [0.1, 0.15) is 0 Å². The fraction of sp³-hybridized carbons (Fsp3) is 1.00. The first kappa shape index (κ1) is 3.88. The molecule has 3 nitrogen and oxygen atoms in total. The molecule has 0 atom stereocenters. The van der Waals surface area contributed by atoms with Crippen molar-refractivity contribution < 1.29 is 10.3 Å². The Morgan fingerprint density at radius 3 is 2.00 bits per heavy atom. The van der Waals surface area contributed by atoms with Gasteiger partial charge in [-0.25, -0.2) is 0 Å². The first-order valence-electron chi connectivity index (χ1n) is 0.893. The summed E-state index contributed by atoms with van der Waals surface area (Å²) in [5.74, 6) is 0. The van der Waals surface area contributed by atoms with E-state index in [0.29, 0.717) is 0 Å². The molecule has 0 bridgehead atoms. The molecule has 26 valence electrons. The van der Waals surface area contributed by atoms with E-state index in [1.807, 2.05) is 0 Å². The van der Waals surface area contributed by atoms with Crippen LogP contribution in [0.15, 0.2) is 0 Å². The zero-order chi connectivity index (χ0) is 3.41. The Kier molecular flexibility index (Phi) is 2.79. The van der Waals surface area contributed by atoms with Gasteiger partial charge >= 0.3 is 0 Å². The molecule has 0 aliphatic rings. The van der Waals surface area contributed by atoms with Crippen molar-refractivity contribution in [2.24, 2.45) is 0 Å². The standard InChI is InChI=1S/CH5NO2/c3-1-2-4/h2-4H,1H2. The lowest BCUT2D eigenvalue weighted by atomic mass is 11.4. The zero-order valence-corrected chi connectivity index (χ0v) is 2.10. The van der Waals surface area contributed by atoms with Gasteiger partial charge in [0.25, 0.3) is 0 Å². The molecule has 0 aromatic carbocycles. The van der Waals surface area contributed by atoms with Gasteiger partial charge in [-0.05, 0) is 0 Å². The van der Waals surface area contributed by atoms with Crippen molar-refractivity contribution in [1.29, 1.82) is 0 Å². The van der Waals surface area contributed by atoms with Gasteiger partial charge in [-0.3, -0.25) is 0 Å². The van der Waals surface area contributed by atoms with E-state index in [0.717, 1.165) is 0 Å². The summed E-state index contributed by atoms with van der Waals surface area (Å²) in [6.45, 7) is -0.375. The highest BCUT2D eigenvalue weighted by Crippen LogP contribution is 1.23. The third kappa shape index (κ3) is 1.88. The minimum Gasteiger partial charge on any atom is -0.379 e. The lowest BCUT2D eigenvalue weighted by Crippen LogP contribution is -2.05. The van der Waals surface area contributed by atoms with Crippen molar-refractivity contribution >= 4 is 0 Å². The van der Waals surface area contributed by atoms with Crippen LogP contribution in [0.2, 0.25) is 0 Å². The second kappa shape index (κ2) is 2.88. The average molecular weight is 63.1 g/mol. The molecule has 0 saturated carbocycles. The fourth-order valence-electron chi connectivity index (χ4n) is 0. The molecule has 0 aliphatic heterocycles. The molecule has 3 N–H and O–H groups in total. The lowest BCUT2D eigenvalue weighted by Gasteiger charge is -1.75. The highest BCUT2D eigenvalue weighted by atomic mass is 16.5. The number of aliphatic hydroxyl groups excluding tert-OH is 1. The molecule has 0 heterocycles. The van der Waals surface area contributed by atoms with Crippen molar-refractivity contribution in [2.45, 2.75) is 0 Å². The summed E-state index contributed by atoms with van der Waals surface area (Å²) in [7, 11) is 0. The van der Waals surface area contributed by atoms with Crippen molar-refractivity contribution in [2.75, 3.05) is 6.73 Å². The maximum atomic E-state index is 7.51. The first-order valence-corrected chi connectivity index (χ1v) is 0.893. The second-order valence-corrected chi connectivity index (χ2v) is 0.316. The van der Waals surface area contributed by atoms with Crippen LogP contribution in [0.3, 0.4) is 0 Å². The quantitative estimate of drug-likeness (QED) is 0.268. The van der Waals surface area contributed by atoms with E-state index in [2.05, 4.69) is 0 Å². The molecular formula is CH5NO2. The van der Waals surface area contributed by atoms with Crippen LogP contribution in [0.5, 0.6) is 0 Å². The highest BCUT2D eigenvalue weighted by Gasteiger charge is 1.52. The van der Waals surface area contributed by atoms with E-state index < -0.39 is 0 Å². The van der Waals surface area contributed by atoms with Crippen LogP contribution in [0, 0.1) is 0 Å². The number of hydroxylamine groups is 1. The van der Waals surface area contributed by atoms with Gasteiger partial charge in [0, 0.05) is 0 Å². The SMILES string of the molecule is OCNO. The molecule has 0 aliphatic carbocycles. The summed E-state index contributed by atoms with van der Waals surface area (Å²) < 4.78 is 0. The molecule has 3 heteroatoms. The normalized spacial score (nSPS) is 7.50. The van der Waals surface area contributed by atoms with Gasteiger partial charge in [-0.2, -0.15) is 5.48 Å². The molecule has 0 aromatic rings. The lowest BCUT2D eigenvalue weighted by molar-refractivity contribution is 0.0794. The number of nitrogens with one attached hydrogen (secondary N) is 1. The average Bonchev–Trinajstić information content (AvgIpc) is 1.37. The monoisotopic (exact) mass is 63.0 g/mol. The van der Waals surface area contributed by atoms with E-state index in [4.69, 9.17) is 10.3 Å². The largest absolute Gasteiger partial charge is 0.379 e. The van der Waals surface area contributed by atoms with E-state index in [1.54, 1.807) is 0 Å². The molecule has 0 spiro atoms. The summed E-state index contributed by atoms with van der Waals surface area (Å²) in [4.78, 5) is 0. The smallest absolute Gasteiger partial charge is 0.115 e. The van der Waals surface area contributed by atoms with Crippen LogP contribution in [-0.4, -0.2) is 17.0 Å². The highest BCUT2D eigenvalue weighted by molar-refractivity contribution is 3.84. The number of rotatable bonds is 1. The number of aliphatic hydroxyl groups is 1. The van der Waals surface area contributed by atoms with Crippen molar-refractivity contribution in [3.8, 4) is 0 Å². The summed E-state index contributed by atoms with van der Waals surface area (Å²) in [5, 5.41) is 14.9. The minimum absolute atomic E-state index is 0.375. The predicted molar refractivity (Wildman–Crippen MR) is 12.0 cm³/mol. The Hall–Kier alpha value is -0.120. The number of hydrogen-bond acceptors (Lipinski definition) is 3. The molecule has 0 rings (SSSR count). The van der Waals surface area contributed by atoms with Gasteiger partial charge in [-0.1, -0.05) is 0 Å². The van der Waals surface area contributed by atoms with Crippen molar-refractivity contribution in [1.82, 2.24) is 5.48 Å². The van der Waals surface area contributed by atoms with Crippen LogP contribution in [-0.2, 0) is 0 Å². The Bertz CT molecular complexity index is 8.00. The Morgan fingerprint density at radius 1 is 1.75 bits per heavy atom. The van der Waals surface area contributed by atoms with E-state index in [-0.39, 0.29) is 6.73 Å². The van der Waals surface area contributed by atoms with E-state index >= 15 is 0 Å². The van der Waals surface area contributed by atoms with Crippen LogP contribution in [0.25, 0.3) is 0 Å². The Labute approximate surface area is 23.8 Å². The van der Waals surface area contributed by atoms with Crippen molar-refractivity contribution in [3.63, 3.8) is 0 Å². The molecular weight excluding hydrogens is 58.0 g/mol. The van der Waals surface area contributed by atoms with Gasteiger partial charge in [0.1, 0.15) is 6.73 Å². The topological polar surface area (TPSA) is 52.5 Å². The zero-order valence-electron chi connectivity index (χ0n) is 2.10. The molecule has 0 aromatic heterocycles. The minimum atomic E-state index is -0.375. The van der Waals surface area contributed by atoms with Gasteiger partial charge in [0.05, 0.1) is 0 Å². The maximum Gasteiger partial charge on any atom is 0.115 e. The van der Waals surface area contributed by atoms with Crippen molar-refractivity contribution in [3.05, 3.63) is 0 Å². The van der Waals surface area contributed by atoms with Gasteiger partial charge < -0.3 is 10.3 Å².